The molecule has 0 aliphatic heterocycles. The van der Waals surface area contributed by atoms with Crippen molar-refractivity contribution in [2.24, 2.45) is 16.7 Å². The van der Waals surface area contributed by atoms with Crippen molar-refractivity contribution in [3.8, 4) is 0 Å². The summed E-state index contributed by atoms with van der Waals surface area (Å²) in [6, 6.07) is 1.57. The number of rotatable bonds is 8. The minimum absolute atomic E-state index is 0.102. The van der Waals surface area contributed by atoms with E-state index >= 15 is 0 Å². The van der Waals surface area contributed by atoms with Crippen LogP contribution in [0.1, 0.15) is 72.6 Å². The van der Waals surface area contributed by atoms with Gasteiger partial charge in [-0.2, -0.15) is 0 Å². The SMILES string of the molecule is CCC(C)(C)C(C)(C)C[B]c1cc(C(F)F)ncc1CC(C)C. The van der Waals surface area contributed by atoms with Gasteiger partial charge in [0.15, 0.2) is 7.28 Å². The number of pyridine rings is 1. The van der Waals surface area contributed by atoms with E-state index in [1.165, 1.54) is 0 Å². The van der Waals surface area contributed by atoms with Gasteiger partial charge < -0.3 is 0 Å². The van der Waals surface area contributed by atoms with E-state index in [1.54, 1.807) is 12.3 Å². The van der Waals surface area contributed by atoms with Crippen molar-refractivity contribution in [2.75, 3.05) is 0 Å². The van der Waals surface area contributed by atoms with Crippen LogP contribution in [0.2, 0.25) is 6.32 Å². The van der Waals surface area contributed by atoms with Crippen molar-refractivity contribution >= 4 is 12.7 Å². The number of aromatic nitrogens is 1. The molecule has 1 nitrogen and oxygen atoms in total. The Labute approximate surface area is 141 Å². The van der Waals surface area contributed by atoms with E-state index in [9.17, 15) is 8.78 Å². The van der Waals surface area contributed by atoms with E-state index in [2.05, 4.69) is 60.7 Å². The molecule has 0 bridgehead atoms. The van der Waals surface area contributed by atoms with Crippen LogP contribution in [0, 0.1) is 16.7 Å². The summed E-state index contributed by atoms with van der Waals surface area (Å²) >= 11 is 0. The zero-order valence-corrected chi connectivity index (χ0v) is 15.7. The normalized spacial score (nSPS) is 13.0. The third-order valence-electron chi connectivity index (χ3n) is 5.44. The Balaban J connectivity index is 3.02. The molecule has 0 N–H and O–H groups in total. The molecular weight excluding hydrogens is 291 g/mol. The fourth-order valence-electron chi connectivity index (χ4n) is 2.56. The molecule has 1 aromatic heterocycles. The summed E-state index contributed by atoms with van der Waals surface area (Å²) in [5.41, 5.74) is 2.15. The Kier molecular flexibility index (Phi) is 6.79. The minimum atomic E-state index is -2.52. The molecule has 1 aromatic rings. The van der Waals surface area contributed by atoms with Gasteiger partial charge in [0.2, 0.25) is 0 Å². The summed E-state index contributed by atoms with van der Waals surface area (Å²) in [7, 11) is 2.13. The van der Waals surface area contributed by atoms with E-state index in [0.29, 0.717) is 5.92 Å². The molecule has 0 fully saturated rings. The molecule has 23 heavy (non-hydrogen) atoms. The highest BCUT2D eigenvalue weighted by atomic mass is 19.3. The van der Waals surface area contributed by atoms with Crippen molar-refractivity contribution in [1.29, 1.82) is 0 Å². The molecule has 0 unspecified atom stereocenters. The van der Waals surface area contributed by atoms with Crippen LogP contribution >= 0.6 is 0 Å². The van der Waals surface area contributed by atoms with Gasteiger partial charge in [0.05, 0.1) is 0 Å². The molecule has 0 aliphatic carbocycles. The first-order chi connectivity index (χ1) is 10.5. The average Bonchev–Trinajstić information content (AvgIpc) is 2.45. The summed E-state index contributed by atoms with van der Waals surface area (Å²) in [5, 5.41) is 0. The maximum Gasteiger partial charge on any atom is 0.280 e. The minimum Gasteiger partial charge on any atom is -0.255 e. The second-order valence-corrected chi connectivity index (χ2v) is 8.24. The molecule has 0 aliphatic rings. The fraction of sp³-hybridized carbons (Fsp3) is 0.737. The highest BCUT2D eigenvalue weighted by Gasteiger charge is 2.35. The number of alkyl halides is 2. The average molecular weight is 322 g/mol. The second-order valence-electron chi connectivity index (χ2n) is 8.24. The maximum absolute atomic E-state index is 13.0. The van der Waals surface area contributed by atoms with E-state index < -0.39 is 6.43 Å². The first-order valence-corrected chi connectivity index (χ1v) is 8.60. The van der Waals surface area contributed by atoms with Gasteiger partial charge in [0.25, 0.3) is 6.43 Å². The van der Waals surface area contributed by atoms with Crippen LogP contribution in [0.15, 0.2) is 12.3 Å². The van der Waals surface area contributed by atoms with Crippen molar-refractivity contribution in [1.82, 2.24) is 4.98 Å². The molecule has 1 rings (SSSR count). The van der Waals surface area contributed by atoms with E-state index in [0.717, 1.165) is 30.2 Å². The van der Waals surface area contributed by atoms with E-state index in [-0.39, 0.29) is 16.5 Å². The number of hydrogen-bond acceptors (Lipinski definition) is 1. The van der Waals surface area contributed by atoms with Crippen LogP contribution in [0.4, 0.5) is 8.78 Å². The van der Waals surface area contributed by atoms with Gasteiger partial charge in [-0.1, -0.05) is 66.7 Å². The second kappa shape index (κ2) is 7.76. The first-order valence-electron chi connectivity index (χ1n) is 8.60. The van der Waals surface area contributed by atoms with Gasteiger partial charge in [-0.3, -0.25) is 4.98 Å². The van der Waals surface area contributed by atoms with Crippen molar-refractivity contribution in [2.45, 2.75) is 74.1 Å². The molecule has 129 valence electrons. The van der Waals surface area contributed by atoms with Gasteiger partial charge >= 0.3 is 0 Å². The third-order valence-corrected chi connectivity index (χ3v) is 5.44. The molecule has 1 heterocycles. The smallest absolute Gasteiger partial charge is 0.255 e. The van der Waals surface area contributed by atoms with Crippen LogP contribution in [-0.2, 0) is 6.42 Å². The van der Waals surface area contributed by atoms with Gasteiger partial charge in [0.1, 0.15) is 5.69 Å². The predicted octanol–water partition coefficient (Wildman–Crippen LogP) is 5.43. The fourth-order valence-corrected chi connectivity index (χ4v) is 2.56. The lowest BCUT2D eigenvalue weighted by Gasteiger charge is -2.41. The standard InChI is InChI=1S/C19H31BF2N/c1-8-18(4,5)19(6,7)12-20-15-10-16(17(21)22)23-11-14(15)9-13(2)3/h10-11,13,17H,8-9,12H2,1-7H3. The predicted molar refractivity (Wildman–Crippen MR) is 95.8 cm³/mol. The summed E-state index contributed by atoms with van der Waals surface area (Å²) < 4.78 is 26.0. The highest BCUT2D eigenvalue weighted by molar-refractivity contribution is 6.54. The number of nitrogens with zero attached hydrogens (tertiary/aromatic N) is 1. The van der Waals surface area contributed by atoms with Gasteiger partial charge in [0, 0.05) is 6.20 Å². The Bertz CT molecular complexity index is 510. The van der Waals surface area contributed by atoms with E-state index in [1.807, 2.05) is 0 Å². The number of hydrogen-bond donors (Lipinski definition) is 0. The van der Waals surface area contributed by atoms with Crippen LogP contribution < -0.4 is 5.46 Å². The van der Waals surface area contributed by atoms with Crippen molar-refractivity contribution in [3.05, 3.63) is 23.5 Å². The van der Waals surface area contributed by atoms with Gasteiger partial charge in [-0.05, 0) is 34.8 Å². The lowest BCUT2D eigenvalue weighted by molar-refractivity contribution is 0.127. The Morgan fingerprint density at radius 1 is 1.13 bits per heavy atom. The summed E-state index contributed by atoms with van der Waals surface area (Å²) in [4.78, 5) is 3.93. The van der Waals surface area contributed by atoms with Crippen LogP contribution in [0.3, 0.4) is 0 Å². The quantitative estimate of drug-likeness (QED) is 0.582. The van der Waals surface area contributed by atoms with Crippen LogP contribution in [0.5, 0.6) is 0 Å². The van der Waals surface area contributed by atoms with Gasteiger partial charge in [-0.25, -0.2) is 8.78 Å². The Morgan fingerprint density at radius 3 is 2.22 bits per heavy atom. The molecule has 1 radical (unpaired) electrons. The molecule has 0 aromatic carbocycles. The molecule has 0 saturated carbocycles. The summed E-state index contributed by atoms with van der Waals surface area (Å²) in [6.45, 7) is 15.5. The van der Waals surface area contributed by atoms with Crippen LogP contribution in [0.25, 0.3) is 0 Å². The number of halogens is 2. The topological polar surface area (TPSA) is 12.9 Å². The van der Waals surface area contributed by atoms with Crippen LogP contribution in [-0.4, -0.2) is 12.3 Å². The Morgan fingerprint density at radius 2 is 1.74 bits per heavy atom. The lowest BCUT2D eigenvalue weighted by Crippen LogP contribution is -2.35. The molecule has 0 spiro atoms. The van der Waals surface area contributed by atoms with Crippen molar-refractivity contribution < 1.29 is 8.78 Å². The first kappa shape index (κ1) is 20.1. The Hall–Kier alpha value is -0.925. The maximum atomic E-state index is 13.0. The largest absolute Gasteiger partial charge is 0.280 e. The molecule has 0 saturated heterocycles. The lowest BCUT2D eigenvalue weighted by atomic mass is 9.52. The summed E-state index contributed by atoms with van der Waals surface area (Å²) in [6.07, 6.45) is 1.93. The highest BCUT2D eigenvalue weighted by Crippen LogP contribution is 2.43. The van der Waals surface area contributed by atoms with E-state index in [4.69, 9.17) is 0 Å². The molecular formula is C19H31BF2N. The van der Waals surface area contributed by atoms with Gasteiger partial charge in [-0.15, -0.1) is 0 Å². The van der Waals surface area contributed by atoms with Crippen molar-refractivity contribution in [3.63, 3.8) is 0 Å². The molecule has 0 atom stereocenters. The third kappa shape index (κ3) is 5.29. The zero-order chi connectivity index (χ0) is 17.8. The zero-order valence-electron chi connectivity index (χ0n) is 15.7. The summed E-state index contributed by atoms with van der Waals surface area (Å²) in [5.74, 6) is 0.474. The molecule has 4 heteroatoms. The monoisotopic (exact) mass is 322 g/mol. The molecule has 0 amide bonds.